The Hall–Kier alpha value is -3.88. The van der Waals surface area contributed by atoms with Crippen molar-refractivity contribution in [2.75, 3.05) is 0 Å². The predicted octanol–water partition coefficient (Wildman–Crippen LogP) is 4.66. The summed E-state index contributed by atoms with van der Waals surface area (Å²) in [5.41, 5.74) is 3.15. The van der Waals surface area contributed by atoms with Crippen molar-refractivity contribution >= 4 is 18.1 Å². The third kappa shape index (κ3) is 5.59. The van der Waals surface area contributed by atoms with Crippen molar-refractivity contribution in [1.29, 1.82) is 0 Å². The van der Waals surface area contributed by atoms with Gasteiger partial charge in [0.2, 0.25) is 5.91 Å². The fraction of sp³-hybridized carbons (Fsp3) is 0.136. The predicted molar refractivity (Wildman–Crippen MR) is 107 cm³/mol. The molecule has 1 heterocycles. The summed E-state index contributed by atoms with van der Waals surface area (Å²) in [6, 6.07) is 12.4. The van der Waals surface area contributed by atoms with Crippen LogP contribution in [0.5, 0.6) is 0 Å². The van der Waals surface area contributed by atoms with Crippen molar-refractivity contribution in [2.45, 2.75) is 19.5 Å². The Labute approximate surface area is 175 Å². The third-order valence-electron chi connectivity index (χ3n) is 4.38. The molecule has 0 aliphatic rings. The number of hydrogen-bond acceptors (Lipinski definition) is 4. The number of hydrazone groups is 1. The first-order valence-corrected chi connectivity index (χ1v) is 9.05. The van der Waals surface area contributed by atoms with Crippen LogP contribution in [0.3, 0.4) is 0 Å². The molecule has 0 saturated heterocycles. The van der Waals surface area contributed by atoms with Crippen LogP contribution in [0.1, 0.15) is 32.8 Å². The lowest BCUT2D eigenvalue weighted by atomic mass is 10.0. The fourth-order valence-corrected chi connectivity index (χ4v) is 2.84. The molecule has 2 N–H and O–H groups in total. The van der Waals surface area contributed by atoms with Crippen molar-refractivity contribution in [1.82, 2.24) is 5.43 Å². The molecule has 31 heavy (non-hydrogen) atoms. The van der Waals surface area contributed by atoms with Crippen LogP contribution in [-0.4, -0.2) is 23.2 Å². The molecule has 0 saturated carbocycles. The van der Waals surface area contributed by atoms with Gasteiger partial charge in [-0.05, 0) is 48.4 Å². The van der Waals surface area contributed by atoms with E-state index in [0.29, 0.717) is 17.1 Å². The number of amides is 1. The van der Waals surface area contributed by atoms with E-state index in [-0.39, 0.29) is 17.5 Å². The number of halogens is 3. The first kappa shape index (κ1) is 21.8. The van der Waals surface area contributed by atoms with E-state index in [2.05, 4.69) is 10.5 Å². The average Bonchev–Trinajstić information content (AvgIpc) is 3.16. The lowest BCUT2D eigenvalue weighted by Crippen LogP contribution is -2.20. The van der Waals surface area contributed by atoms with Crippen LogP contribution in [-0.2, 0) is 17.4 Å². The van der Waals surface area contributed by atoms with Gasteiger partial charge in [-0.25, -0.2) is 10.2 Å². The molecule has 2 aromatic carbocycles. The Kier molecular flexibility index (Phi) is 6.24. The number of alkyl halides is 3. The summed E-state index contributed by atoms with van der Waals surface area (Å²) in [4.78, 5) is 23.1. The quantitative estimate of drug-likeness (QED) is 0.439. The smallest absolute Gasteiger partial charge is 0.416 e. The van der Waals surface area contributed by atoms with Crippen molar-refractivity contribution in [2.24, 2.45) is 5.10 Å². The Balaban J connectivity index is 1.64. The fourth-order valence-electron chi connectivity index (χ4n) is 2.84. The molecule has 0 atom stereocenters. The summed E-state index contributed by atoms with van der Waals surface area (Å²) >= 11 is 0. The standard InChI is InChI=1S/C22H17F3N2O4/c1-13-5-6-15(21(29)30)11-18(13)19-8-7-17(31-19)12-26-27-20(28)10-14-3-2-4-16(9-14)22(23,24)25/h2-9,11-12H,10H2,1H3,(H,27,28)(H,29,30)/b26-12-. The minimum absolute atomic E-state index is 0.120. The molecule has 3 aromatic rings. The highest BCUT2D eigenvalue weighted by Gasteiger charge is 2.30. The molecule has 0 fully saturated rings. The highest BCUT2D eigenvalue weighted by molar-refractivity contribution is 5.89. The molecule has 1 aromatic heterocycles. The van der Waals surface area contributed by atoms with Crippen LogP contribution < -0.4 is 5.43 Å². The number of furan rings is 1. The van der Waals surface area contributed by atoms with E-state index in [1.807, 2.05) is 6.92 Å². The van der Waals surface area contributed by atoms with Crippen LogP contribution in [0, 0.1) is 6.92 Å². The zero-order valence-electron chi connectivity index (χ0n) is 16.2. The summed E-state index contributed by atoms with van der Waals surface area (Å²) in [6.07, 6.45) is -3.51. The van der Waals surface area contributed by atoms with E-state index in [1.165, 1.54) is 30.5 Å². The molecule has 0 aliphatic carbocycles. The van der Waals surface area contributed by atoms with Crippen molar-refractivity contribution < 1.29 is 32.3 Å². The number of carboxylic acids is 1. The Morgan fingerprint density at radius 2 is 1.90 bits per heavy atom. The summed E-state index contributed by atoms with van der Waals surface area (Å²) in [5.74, 6) is -0.919. The maximum Gasteiger partial charge on any atom is 0.416 e. The molecule has 3 rings (SSSR count). The van der Waals surface area contributed by atoms with Crippen molar-refractivity contribution in [3.05, 3.63) is 82.6 Å². The normalized spacial score (nSPS) is 11.6. The molecule has 0 bridgehead atoms. The Morgan fingerprint density at radius 1 is 1.13 bits per heavy atom. The van der Waals surface area contributed by atoms with E-state index in [9.17, 15) is 22.8 Å². The van der Waals surface area contributed by atoms with Crippen molar-refractivity contribution in [3.63, 3.8) is 0 Å². The molecule has 0 unspecified atom stereocenters. The lowest BCUT2D eigenvalue weighted by Gasteiger charge is -2.08. The SMILES string of the molecule is Cc1ccc(C(=O)O)cc1-c1ccc(/C=N\NC(=O)Cc2cccc(C(F)(F)F)c2)o1. The van der Waals surface area contributed by atoms with Gasteiger partial charge >= 0.3 is 12.1 Å². The number of nitrogens with zero attached hydrogens (tertiary/aromatic N) is 1. The van der Waals surface area contributed by atoms with E-state index < -0.39 is 23.6 Å². The second kappa shape index (κ2) is 8.86. The summed E-state index contributed by atoms with van der Waals surface area (Å²) in [7, 11) is 0. The topological polar surface area (TPSA) is 91.9 Å². The number of hydrogen-bond donors (Lipinski definition) is 2. The number of aromatic carboxylic acids is 1. The van der Waals surface area contributed by atoms with E-state index in [1.54, 1.807) is 18.2 Å². The van der Waals surface area contributed by atoms with Crippen LogP contribution >= 0.6 is 0 Å². The number of rotatable bonds is 6. The summed E-state index contributed by atoms with van der Waals surface area (Å²) in [6.45, 7) is 1.81. The molecule has 1 amide bonds. The average molecular weight is 430 g/mol. The number of benzene rings is 2. The van der Waals surface area contributed by atoms with Gasteiger partial charge in [0.15, 0.2) is 0 Å². The third-order valence-corrected chi connectivity index (χ3v) is 4.38. The number of nitrogens with one attached hydrogen (secondary N) is 1. The Morgan fingerprint density at radius 3 is 2.61 bits per heavy atom. The number of carboxylic acid groups (broad SMARTS) is 1. The van der Waals surface area contributed by atoms with Gasteiger partial charge in [-0.1, -0.05) is 24.3 Å². The number of aryl methyl sites for hydroxylation is 1. The zero-order chi connectivity index (χ0) is 22.6. The van der Waals surface area contributed by atoms with Gasteiger partial charge in [0, 0.05) is 5.56 Å². The highest BCUT2D eigenvalue weighted by atomic mass is 19.4. The lowest BCUT2D eigenvalue weighted by molar-refractivity contribution is -0.137. The summed E-state index contributed by atoms with van der Waals surface area (Å²) in [5, 5.41) is 12.9. The minimum Gasteiger partial charge on any atom is -0.478 e. The van der Waals surface area contributed by atoms with Gasteiger partial charge in [0.1, 0.15) is 11.5 Å². The largest absolute Gasteiger partial charge is 0.478 e. The molecular formula is C22H17F3N2O4. The molecule has 9 heteroatoms. The second-order valence-corrected chi connectivity index (χ2v) is 6.70. The summed E-state index contributed by atoms with van der Waals surface area (Å²) < 4.78 is 43.8. The first-order chi connectivity index (χ1) is 14.6. The number of carbonyl (C=O) groups is 2. The first-order valence-electron chi connectivity index (χ1n) is 9.05. The minimum atomic E-state index is -4.48. The van der Waals surface area contributed by atoms with E-state index in [0.717, 1.165) is 17.7 Å². The maximum atomic E-state index is 12.7. The van der Waals surface area contributed by atoms with Crippen LogP contribution in [0.25, 0.3) is 11.3 Å². The molecule has 160 valence electrons. The van der Waals surface area contributed by atoms with Gasteiger partial charge in [-0.2, -0.15) is 18.3 Å². The molecule has 0 aliphatic heterocycles. The van der Waals surface area contributed by atoms with Gasteiger partial charge in [-0.15, -0.1) is 0 Å². The zero-order valence-corrected chi connectivity index (χ0v) is 16.2. The monoisotopic (exact) mass is 430 g/mol. The van der Waals surface area contributed by atoms with Crippen molar-refractivity contribution in [3.8, 4) is 11.3 Å². The second-order valence-electron chi connectivity index (χ2n) is 6.70. The van der Waals surface area contributed by atoms with E-state index >= 15 is 0 Å². The van der Waals surface area contributed by atoms with Crippen LogP contribution in [0.4, 0.5) is 13.2 Å². The molecule has 0 radical (unpaired) electrons. The van der Waals surface area contributed by atoms with Crippen LogP contribution in [0.15, 0.2) is 64.1 Å². The Bertz CT molecular complexity index is 1150. The van der Waals surface area contributed by atoms with E-state index in [4.69, 9.17) is 9.52 Å². The highest BCUT2D eigenvalue weighted by Crippen LogP contribution is 2.29. The molecular weight excluding hydrogens is 413 g/mol. The van der Waals surface area contributed by atoms with Gasteiger partial charge in [0.05, 0.1) is 23.8 Å². The van der Waals surface area contributed by atoms with Gasteiger partial charge in [0.25, 0.3) is 0 Å². The number of carbonyl (C=O) groups excluding carboxylic acids is 1. The molecule has 0 spiro atoms. The van der Waals surface area contributed by atoms with Gasteiger partial charge in [-0.3, -0.25) is 4.79 Å². The van der Waals surface area contributed by atoms with Crippen LogP contribution in [0.2, 0.25) is 0 Å². The molecule has 6 nitrogen and oxygen atoms in total. The van der Waals surface area contributed by atoms with Gasteiger partial charge < -0.3 is 9.52 Å². The maximum absolute atomic E-state index is 12.7.